The predicted molar refractivity (Wildman–Crippen MR) is 71.3 cm³/mol. The highest BCUT2D eigenvalue weighted by atomic mass is 16.5. The zero-order valence-corrected chi connectivity index (χ0v) is 11.8. The lowest BCUT2D eigenvalue weighted by atomic mass is 9.68. The first-order chi connectivity index (χ1) is 8.65. The van der Waals surface area contributed by atoms with Crippen molar-refractivity contribution in [1.82, 2.24) is 0 Å². The minimum Gasteiger partial charge on any atom is -0.378 e. The Balaban J connectivity index is 1.73. The van der Waals surface area contributed by atoms with Crippen molar-refractivity contribution in [2.45, 2.75) is 64.9 Å². The van der Waals surface area contributed by atoms with Gasteiger partial charge in [0.1, 0.15) is 5.78 Å². The summed E-state index contributed by atoms with van der Waals surface area (Å²) < 4.78 is 6.08. The van der Waals surface area contributed by atoms with E-state index in [0.29, 0.717) is 17.8 Å². The third-order valence-corrected chi connectivity index (χ3v) is 5.96. The minimum absolute atomic E-state index is 0.00848. The smallest absolute Gasteiger partial charge is 0.136 e. The summed E-state index contributed by atoms with van der Waals surface area (Å²) >= 11 is 0. The Morgan fingerprint density at radius 1 is 1.22 bits per heavy atom. The molecule has 0 aromatic heterocycles. The van der Waals surface area contributed by atoms with Crippen LogP contribution in [0.1, 0.15) is 58.8 Å². The standard InChI is InChI=1S/C16H26O2/c1-3-4-5-18-15-8-12-6-14-7-13(12)9-16(14,10-15)11(2)17/h12-15H,3-10H2,1-2H3. The highest BCUT2D eigenvalue weighted by Gasteiger charge is 2.60. The molecule has 18 heavy (non-hydrogen) atoms. The number of carbonyl (C=O) groups is 1. The third-order valence-electron chi connectivity index (χ3n) is 5.96. The second-order valence-electron chi connectivity index (χ2n) is 6.89. The van der Waals surface area contributed by atoms with Gasteiger partial charge in [-0.15, -0.1) is 0 Å². The van der Waals surface area contributed by atoms with Gasteiger partial charge in [-0.2, -0.15) is 0 Å². The number of hydrogen-bond donors (Lipinski definition) is 0. The second kappa shape index (κ2) is 4.63. The first kappa shape index (κ1) is 12.7. The molecule has 4 aliphatic rings. The molecule has 4 aliphatic carbocycles. The van der Waals surface area contributed by atoms with E-state index >= 15 is 0 Å². The summed E-state index contributed by atoms with van der Waals surface area (Å²) in [5, 5.41) is 0. The van der Waals surface area contributed by atoms with Gasteiger partial charge in [0.2, 0.25) is 0 Å². The molecule has 0 radical (unpaired) electrons. The summed E-state index contributed by atoms with van der Waals surface area (Å²) in [6.45, 7) is 4.91. The van der Waals surface area contributed by atoms with Crippen LogP contribution in [0, 0.1) is 23.2 Å². The van der Waals surface area contributed by atoms with Crippen molar-refractivity contribution in [3.63, 3.8) is 0 Å². The molecule has 0 amide bonds. The molecular weight excluding hydrogens is 224 g/mol. The van der Waals surface area contributed by atoms with Crippen molar-refractivity contribution in [1.29, 1.82) is 0 Å². The number of hydrogen-bond acceptors (Lipinski definition) is 2. The number of rotatable bonds is 5. The maximum Gasteiger partial charge on any atom is 0.136 e. The Hall–Kier alpha value is -0.370. The molecule has 0 saturated heterocycles. The minimum atomic E-state index is 0.00848. The average Bonchev–Trinajstić information content (AvgIpc) is 2.77. The van der Waals surface area contributed by atoms with Gasteiger partial charge in [-0.25, -0.2) is 0 Å². The molecule has 2 heteroatoms. The van der Waals surface area contributed by atoms with E-state index in [1.54, 1.807) is 0 Å². The van der Waals surface area contributed by atoms with Gasteiger partial charge in [0, 0.05) is 12.0 Å². The van der Waals surface area contributed by atoms with Gasteiger partial charge in [0.05, 0.1) is 6.10 Å². The van der Waals surface area contributed by atoms with Crippen molar-refractivity contribution < 1.29 is 9.53 Å². The molecule has 4 fully saturated rings. The van der Waals surface area contributed by atoms with Crippen LogP contribution < -0.4 is 0 Å². The van der Waals surface area contributed by atoms with Crippen LogP contribution in [-0.2, 0) is 9.53 Å². The van der Waals surface area contributed by atoms with E-state index in [1.165, 1.54) is 32.1 Å². The third kappa shape index (κ3) is 1.84. The van der Waals surface area contributed by atoms with E-state index < -0.39 is 0 Å². The molecule has 2 nitrogen and oxygen atoms in total. The van der Waals surface area contributed by atoms with Crippen molar-refractivity contribution in [2.24, 2.45) is 23.2 Å². The van der Waals surface area contributed by atoms with Crippen molar-refractivity contribution in [3.05, 3.63) is 0 Å². The molecule has 0 heterocycles. The van der Waals surface area contributed by atoms with Crippen LogP contribution in [0.2, 0.25) is 0 Å². The summed E-state index contributed by atoms with van der Waals surface area (Å²) in [6.07, 6.45) is 8.75. The predicted octanol–water partition coefficient (Wildman–Crippen LogP) is 3.59. The van der Waals surface area contributed by atoms with Crippen LogP contribution in [-0.4, -0.2) is 18.5 Å². The molecule has 0 aromatic carbocycles. The second-order valence-corrected chi connectivity index (χ2v) is 6.89. The first-order valence-electron chi connectivity index (χ1n) is 7.78. The Labute approximate surface area is 110 Å². The fourth-order valence-corrected chi connectivity index (χ4v) is 5.01. The van der Waals surface area contributed by atoms with E-state index in [0.717, 1.165) is 31.3 Å². The Bertz CT molecular complexity index is 338. The SMILES string of the molecule is CCCCOC1CC2CC3CC2CC3(C(C)=O)C1. The normalized spacial score (nSPS) is 45.4. The van der Waals surface area contributed by atoms with Gasteiger partial charge < -0.3 is 4.74 Å². The molecule has 0 N–H and O–H groups in total. The number of ketones is 1. The van der Waals surface area contributed by atoms with Crippen LogP contribution in [0.25, 0.3) is 0 Å². The van der Waals surface area contributed by atoms with Crippen molar-refractivity contribution in [3.8, 4) is 0 Å². The number of unbranched alkanes of at least 4 members (excludes halogenated alkanes) is 1. The van der Waals surface area contributed by atoms with E-state index in [4.69, 9.17) is 4.74 Å². The van der Waals surface area contributed by atoms with Gasteiger partial charge >= 0.3 is 0 Å². The molecule has 5 unspecified atom stereocenters. The highest BCUT2D eigenvalue weighted by Crippen LogP contribution is 2.64. The van der Waals surface area contributed by atoms with Crippen LogP contribution in [0.3, 0.4) is 0 Å². The topological polar surface area (TPSA) is 26.3 Å². The largest absolute Gasteiger partial charge is 0.378 e. The Kier molecular flexibility index (Phi) is 3.25. The lowest BCUT2D eigenvalue weighted by Gasteiger charge is -2.35. The van der Waals surface area contributed by atoms with Gasteiger partial charge in [-0.05, 0) is 63.2 Å². The number of carbonyl (C=O) groups excluding carboxylic acids is 1. The fourth-order valence-electron chi connectivity index (χ4n) is 5.01. The fraction of sp³-hybridized carbons (Fsp3) is 0.938. The van der Waals surface area contributed by atoms with Crippen molar-refractivity contribution >= 4 is 5.78 Å². The zero-order chi connectivity index (χ0) is 12.8. The van der Waals surface area contributed by atoms with Gasteiger partial charge in [-0.1, -0.05) is 13.3 Å². The van der Waals surface area contributed by atoms with E-state index in [-0.39, 0.29) is 5.41 Å². The molecule has 5 atom stereocenters. The van der Waals surface area contributed by atoms with Crippen molar-refractivity contribution in [2.75, 3.05) is 6.61 Å². The quantitative estimate of drug-likeness (QED) is 0.697. The average molecular weight is 250 g/mol. The summed E-state index contributed by atoms with van der Waals surface area (Å²) in [5.74, 6) is 2.82. The Morgan fingerprint density at radius 2 is 2.00 bits per heavy atom. The molecule has 0 aromatic rings. The molecule has 102 valence electrons. The molecule has 0 spiro atoms. The monoisotopic (exact) mass is 250 g/mol. The van der Waals surface area contributed by atoms with Gasteiger partial charge in [0.15, 0.2) is 0 Å². The molecule has 4 bridgehead atoms. The lowest BCUT2D eigenvalue weighted by molar-refractivity contribution is -0.131. The lowest BCUT2D eigenvalue weighted by Crippen LogP contribution is -2.36. The summed E-state index contributed by atoms with van der Waals surface area (Å²) in [5.41, 5.74) is 0.00848. The summed E-state index contributed by atoms with van der Waals surface area (Å²) in [7, 11) is 0. The highest BCUT2D eigenvalue weighted by molar-refractivity contribution is 5.83. The molecule has 4 saturated carbocycles. The first-order valence-corrected chi connectivity index (χ1v) is 7.78. The molecular formula is C16H26O2. The van der Waals surface area contributed by atoms with Crippen LogP contribution in [0.4, 0.5) is 0 Å². The maximum atomic E-state index is 12.2. The summed E-state index contributed by atoms with van der Waals surface area (Å²) in [4.78, 5) is 12.2. The number of ether oxygens (including phenoxy) is 1. The summed E-state index contributed by atoms with van der Waals surface area (Å²) in [6, 6.07) is 0. The van der Waals surface area contributed by atoms with E-state index in [9.17, 15) is 4.79 Å². The number of fused-ring (bicyclic) bond motifs is 2. The van der Waals surface area contributed by atoms with Gasteiger partial charge in [0.25, 0.3) is 0 Å². The van der Waals surface area contributed by atoms with Crippen LogP contribution >= 0.6 is 0 Å². The van der Waals surface area contributed by atoms with E-state index in [1.807, 2.05) is 6.92 Å². The Morgan fingerprint density at radius 3 is 2.61 bits per heavy atom. The van der Waals surface area contributed by atoms with E-state index in [2.05, 4.69) is 6.92 Å². The zero-order valence-electron chi connectivity index (χ0n) is 11.8. The maximum absolute atomic E-state index is 12.2. The molecule has 0 aliphatic heterocycles. The number of Topliss-reactive ketones (excluding diaryl/α,β-unsaturated/α-hetero) is 1. The van der Waals surface area contributed by atoms with Crippen LogP contribution in [0.15, 0.2) is 0 Å². The molecule has 4 rings (SSSR count). The van der Waals surface area contributed by atoms with Crippen LogP contribution in [0.5, 0.6) is 0 Å². The van der Waals surface area contributed by atoms with Gasteiger partial charge in [-0.3, -0.25) is 4.79 Å².